The lowest BCUT2D eigenvalue weighted by atomic mass is 9.75. The highest BCUT2D eigenvalue weighted by molar-refractivity contribution is 5.32. The van der Waals surface area contributed by atoms with Crippen molar-refractivity contribution in [1.82, 2.24) is 4.90 Å². The maximum absolute atomic E-state index is 10.6. The van der Waals surface area contributed by atoms with Crippen molar-refractivity contribution in [3.05, 3.63) is 47.6 Å². The van der Waals surface area contributed by atoms with Gasteiger partial charge in [-0.25, -0.2) is 0 Å². The summed E-state index contributed by atoms with van der Waals surface area (Å²) < 4.78 is 0. The monoisotopic (exact) mass is 329 g/mol. The first-order valence-electron chi connectivity index (χ1n) is 9.55. The normalized spacial score (nSPS) is 25.4. The molecule has 2 aliphatic rings. The highest BCUT2D eigenvalue weighted by atomic mass is 16.3. The molecule has 0 saturated heterocycles. The molecule has 2 nitrogen and oxygen atoms in total. The molecule has 2 aliphatic carbocycles. The first-order valence-corrected chi connectivity index (χ1v) is 9.55. The van der Waals surface area contributed by atoms with Gasteiger partial charge in [0.25, 0.3) is 0 Å². The predicted octanol–water partition coefficient (Wildman–Crippen LogP) is 4.88. The van der Waals surface area contributed by atoms with E-state index >= 15 is 0 Å². The van der Waals surface area contributed by atoms with Crippen LogP contribution in [-0.4, -0.2) is 34.7 Å². The van der Waals surface area contributed by atoms with Crippen molar-refractivity contribution >= 4 is 0 Å². The molecule has 0 heterocycles. The Morgan fingerprint density at radius 1 is 1.12 bits per heavy atom. The second-order valence-electron chi connectivity index (χ2n) is 7.88. The summed E-state index contributed by atoms with van der Waals surface area (Å²) in [5.41, 5.74) is 2.53. The second kappa shape index (κ2) is 8.82. The third kappa shape index (κ3) is 4.94. The van der Waals surface area contributed by atoms with Gasteiger partial charge in [-0.1, -0.05) is 42.0 Å². The molecule has 2 heteroatoms. The molecule has 0 aliphatic heterocycles. The fourth-order valence-electron chi connectivity index (χ4n) is 4.13. The van der Waals surface area contributed by atoms with Gasteiger partial charge in [-0.05, 0) is 77.8 Å². The summed E-state index contributed by atoms with van der Waals surface area (Å²) in [5.74, 6) is 0.924. The van der Waals surface area contributed by atoms with E-state index in [9.17, 15) is 5.11 Å². The highest BCUT2D eigenvalue weighted by Gasteiger charge is 2.29. The topological polar surface area (TPSA) is 23.5 Å². The van der Waals surface area contributed by atoms with Crippen LogP contribution in [0.15, 0.2) is 47.6 Å². The molecule has 2 rings (SSSR count). The van der Waals surface area contributed by atoms with Gasteiger partial charge in [0, 0.05) is 12.1 Å². The Hall–Kier alpha value is -1.12. The molecule has 0 saturated carbocycles. The van der Waals surface area contributed by atoms with Crippen LogP contribution < -0.4 is 0 Å². The van der Waals surface area contributed by atoms with Crippen molar-refractivity contribution in [2.45, 2.75) is 72.1 Å². The predicted molar refractivity (Wildman–Crippen MR) is 104 cm³/mol. The van der Waals surface area contributed by atoms with Crippen molar-refractivity contribution in [1.29, 1.82) is 0 Å². The molecule has 0 amide bonds. The molecule has 24 heavy (non-hydrogen) atoms. The maximum Gasteiger partial charge on any atom is 0.0790 e. The first kappa shape index (κ1) is 19.2. The van der Waals surface area contributed by atoms with E-state index in [0.717, 1.165) is 25.8 Å². The molecule has 1 N–H and O–H groups in total. The van der Waals surface area contributed by atoms with E-state index in [1.54, 1.807) is 0 Å². The van der Waals surface area contributed by atoms with Crippen molar-refractivity contribution in [2.24, 2.45) is 11.8 Å². The number of hydrogen-bond donors (Lipinski definition) is 1. The molecule has 3 atom stereocenters. The van der Waals surface area contributed by atoms with E-state index in [4.69, 9.17) is 0 Å². The summed E-state index contributed by atoms with van der Waals surface area (Å²) in [4.78, 5) is 2.56. The molecule has 0 radical (unpaired) electrons. The molecule has 3 unspecified atom stereocenters. The zero-order valence-corrected chi connectivity index (χ0v) is 16.1. The van der Waals surface area contributed by atoms with Gasteiger partial charge >= 0.3 is 0 Å². The summed E-state index contributed by atoms with van der Waals surface area (Å²) in [6.45, 7) is 12.3. The van der Waals surface area contributed by atoms with Crippen molar-refractivity contribution in [3.8, 4) is 0 Å². The lowest BCUT2D eigenvalue weighted by Gasteiger charge is -2.36. The van der Waals surface area contributed by atoms with Gasteiger partial charge in [0.1, 0.15) is 0 Å². The lowest BCUT2D eigenvalue weighted by molar-refractivity contribution is 0.148. The van der Waals surface area contributed by atoms with Crippen LogP contribution in [0.4, 0.5) is 0 Å². The van der Waals surface area contributed by atoms with Crippen molar-refractivity contribution in [3.63, 3.8) is 0 Å². The van der Waals surface area contributed by atoms with E-state index < -0.39 is 0 Å². The highest BCUT2D eigenvalue weighted by Crippen LogP contribution is 2.36. The molecule has 0 spiro atoms. The van der Waals surface area contributed by atoms with Gasteiger partial charge in [0.2, 0.25) is 0 Å². The van der Waals surface area contributed by atoms with E-state index in [1.807, 2.05) is 0 Å². The second-order valence-corrected chi connectivity index (χ2v) is 7.88. The Morgan fingerprint density at radius 2 is 1.83 bits per heavy atom. The minimum Gasteiger partial charge on any atom is -0.388 e. The molecule has 0 aromatic carbocycles. The number of hydrogen-bond acceptors (Lipinski definition) is 2. The third-order valence-electron chi connectivity index (χ3n) is 5.43. The molecule has 0 aromatic rings. The van der Waals surface area contributed by atoms with E-state index in [-0.39, 0.29) is 6.10 Å². The fraction of sp³-hybridized carbons (Fsp3) is 0.636. The first-order chi connectivity index (χ1) is 11.4. The summed E-state index contributed by atoms with van der Waals surface area (Å²) in [5, 5.41) is 10.6. The summed E-state index contributed by atoms with van der Waals surface area (Å²) in [6.07, 6.45) is 15.9. The number of nitrogens with zero attached hydrogens (tertiary/aromatic N) is 1. The van der Waals surface area contributed by atoms with Crippen LogP contribution in [0, 0.1) is 11.8 Å². The average molecular weight is 330 g/mol. The van der Waals surface area contributed by atoms with E-state index in [0.29, 0.717) is 23.9 Å². The summed E-state index contributed by atoms with van der Waals surface area (Å²) >= 11 is 0. The Balaban J connectivity index is 2.19. The van der Waals surface area contributed by atoms with Gasteiger partial charge in [-0.15, -0.1) is 0 Å². The van der Waals surface area contributed by atoms with Crippen molar-refractivity contribution < 1.29 is 5.11 Å². The Bertz CT molecular complexity index is 516. The standard InChI is InChI=1S/C22H35NO/c1-16(2)23(17(3)4)14-13-20(19-9-7-6-8-10-19)21-15-18(5)11-12-22(21)24/h6-9,11,15-17,19-20,22,24H,10,12-14H2,1-5H3. The van der Waals surface area contributed by atoms with Crippen LogP contribution in [0.5, 0.6) is 0 Å². The zero-order valence-electron chi connectivity index (χ0n) is 16.1. The molecule has 0 aromatic heterocycles. The molecule has 134 valence electrons. The van der Waals surface area contributed by atoms with Gasteiger partial charge in [0.15, 0.2) is 0 Å². The van der Waals surface area contributed by atoms with Crippen LogP contribution in [-0.2, 0) is 0 Å². The minimum absolute atomic E-state index is 0.315. The van der Waals surface area contributed by atoms with Gasteiger partial charge in [0.05, 0.1) is 6.10 Å². The summed E-state index contributed by atoms with van der Waals surface area (Å²) in [7, 11) is 0. The number of allylic oxidation sites excluding steroid dienone is 6. The van der Waals surface area contributed by atoms with Crippen LogP contribution >= 0.6 is 0 Å². The largest absolute Gasteiger partial charge is 0.388 e. The smallest absolute Gasteiger partial charge is 0.0790 e. The summed E-state index contributed by atoms with van der Waals surface area (Å²) in [6, 6.07) is 1.11. The number of aliphatic hydroxyl groups is 1. The van der Waals surface area contributed by atoms with E-state index in [1.165, 1.54) is 11.1 Å². The minimum atomic E-state index is -0.315. The Kier molecular flexibility index (Phi) is 7.06. The van der Waals surface area contributed by atoms with Gasteiger partial charge < -0.3 is 5.11 Å². The maximum atomic E-state index is 10.6. The third-order valence-corrected chi connectivity index (χ3v) is 5.43. The quantitative estimate of drug-likeness (QED) is 0.719. The molecule has 0 fully saturated rings. The molecule has 0 bridgehead atoms. The zero-order chi connectivity index (χ0) is 17.7. The van der Waals surface area contributed by atoms with Crippen LogP contribution in [0.3, 0.4) is 0 Å². The lowest BCUT2D eigenvalue weighted by Crippen LogP contribution is -2.39. The van der Waals surface area contributed by atoms with Crippen LogP contribution in [0.25, 0.3) is 0 Å². The van der Waals surface area contributed by atoms with Crippen LogP contribution in [0.1, 0.15) is 53.9 Å². The van der Waals surface area contributed by atoms with Gasteiger partial charge in [-0.3, -0.25) is 4.90 Å². The number of rotatable bonds is 7. The Morgan fingerprint density at radius 3 is 2.42 bits per heavy atom. The molecular formula is C22H35NO. The van der Waals surface area contributed by atoms with Crippen LogP contribution in [0.2, 0.25) is 0 Å². The number of aliphatic hydroxyl groups excluding tert-OH is 1. The molecular weight excluding hydrogens is 294 g/mol. The SMILES string of the molecule is CC1=CCC(O)C(C(CCN(C(C)C)C(C)C)C2C=CC=CC2)=C1. The average Bonchev–Trinajstić information content (AvgIpc) is 2.54. The van der Waals surface area contributed by atoms with E-state index in [2.05, 4.69) is 76.0 Å². The van der Waals surface area contributed by atoms with Gasteiger partial charge in [-0.2, -0.15) is 0 Å². The fourth-order valence-corrected chi connectivity index (χ4v) is 4.13. The Labute approximate surface area is 148 Å². The van der Waals surface area contributed by atoms with Crippen molar-refractivity contribution in [2.75, 3.05) is 6.54 Å².